The zero-order chi connectivity index (χ0) is 22.9. The molecule has 2 aliphatic carbocycles. The summed E-state index contributed by atoms with van der Waals surface area (Å²) in [5.74, 6) is 0.941. The Morgan fingerprint density at radius 3 is 2.91 bits per heavy atom. The van der Waals surface area contributed by atoms with Crippen molar-refractivity contribution in [1.82, 2.24) is 25.3 Å². The standard InChI is InChI=1S/C22H24N8O3/c1-24-15(31)9-33-14-4-2-3-13(8-14)27-22-29-20-18(25-10-26-20)21(30-22)28-17-12-6-5-11(7-12)16(17)19(23)32/h2-6,8,10-12,16-17H,7,9H2,1H3,(H2,23,32)(H,24,31)(H3,25,26,27,28,29,30)/t11-,12-,16-,17+/m1/s1. The highest BCUT2D eigenvalue weighted by atomic mass is 16.5. The van der Waals surface area contributed by atoms with Crippen LogP contribution in [0, 0.1) is 17.8 Å². The maximum atomic E-state index is 12.1. The Kier molecular flexibility index (Phi) is 5.29. The highest BCUT2D eigenvalue weighted by Crippen LogP contribution is 2.45. The molecule has 2 aromatic heterocycles. The van der Waals surface area contributed by atoms with Gasteiger partial charge in [-0.2, -0.15) is 9.97 Å². The van der Waals surface area contributed by atoms with E-state index < -0.39 is 0 Å². The second-order valence-electron chi connectivity index (χ2n) is 8.16. The van der Waals surface area contributed by atoms with Gasteiger partial charge in [0.1, 0.15) is 11.3 Å². The van der Waals surface area contributed by atoms with Crippen LogP contribution in [-0.4, -0.2) is 51.4 Å². The molecule has 11 nitrogen and oxygen atoms in total. The van der Waals surface area contributed by atoms with Gasteiger partial charge in [-0.15, -0.1) is 0 Å². The van der Waals surface area contributed by atoms with Crippen LogP contribution in [0.2, 0.25) is 0 Å². The van der Waals surface area contributed by atoms with E-state index in [-0.39, 0.29) is 42.2 Å². The first-order valence-electron chi connectivity index (χ1n) is 10.7. The number of nitrogens with two attached hydrogens (primary N) is 1. The maximum absolute atomic E-state index is 12.1. The minimum atomic E-state index is -0.314. The number of aromatic nitrogens is 4. The average Bonchev–Trinajstić information content (AvgIpc) is 3.54. The van der Waals surface area contributed by atoms with Gasteiger partial charge in [-0.05, 0) is 30.4 Å². The number of rotatable bonds is 8. The number of H-pyrrole nitrogens is 1. The summed E-state index contributed by atoms with van der Waals surface area (Å²) in [5.41, 5.74) is 7.52. The molecule has 0 saturated heterocycles. The van der Waals surface area contributed by atoms with E-state index in [1.54, 1.807) is 31.6 Å². The summed E-state index contributed by atoms with van der Waals surface area (Å²) in [6, 6.07) is 6.99. The van der Waals surface area contributed by atoms with E-state index in [4.69, 9.17) is 10.5 Å². The molecule has 0 spiro atoms. The SMILES string of the molecule is CNC(=O)COc1cccc(Nc2nc(N[C@@H]3[C@H](C(N)=O)[C@@H]4C=C[C@@H]3C4)c3[nH]cnc3n2)c1. The lowest BCUT2D eigenvalue weighted by Crippen LogP contribution is -2.41. The number of carbonyl (C=O) groups excluding carboxylic acids is 2. The number of hydrogen-bond donors (Lipinski definition) is 5. The largest absolute Gasteiger partial charge is 0.484 e. The molecule has 11 heteroatoms. The zero-order valence-electron chi connectivity index (χ0n) is 17.9. The Balaban J connectivity index is 1.39. The molecule has 0 unspecified atom stereocenters. The van der Waals surface area contributed by atoms with Gasteiger partial charge < -0.3 is 31.4 Å². The third-order valence-corrected chi connectivity index (χ3v) is 6.12. The van der Waals surface area contributed by atoms with Crippen molar-refractivity contribution < 1.29 is 14.3 Å². The summed E-state index contributed by atoms with van der Waals surface area (Å²) in [4.78, 5) is 40.0. The van der Waals surface area contributed by atoms with Gasteiger partial charge in [0.2, 0.25) is 11.9 Å². The van der Waals surface area contributed by atoms with Crippen molar-refractivity contribution in [2.24, 2.45) is 23.5 Å². The predicted octanol–water partition coefficient (Wildman–Crippen LogP) is 1.31. The molecule has 2 heterocycles. The van der Waals surface area contributed by atoms with Gasteiger partial charge in [0.25, 0.3) is 5.91 Å². The van der Waals surface area contributed by atoms with Crippen molar-refractivity contribution >= 4 is 40.4 Å². The normalized spacial score (nSPS) is 22.9. The molecule has 2 bridgehead atoms. The smallest absolute Gasteiger partial charge is 0.257 e. The molecule has 1 fully saturated rings. The van der Waals surface area contributed by atoms with Crippen LogP contribution >= 0.6 is 0 Å². The molecule has 6 N–H and O–H groups in total. The number of likely N-dealkylation sites (N-methyl/N-ethyl adjacent to an activating group) is 1. The number of amides is 2. The van der Waals surface area contributed by atoms with Gasteiger partial charge in [0.05, 0.1) is 12.2 Å². The van der Waals surface area contributed by atoms with Crippen molar-refractivity contribution in [1.29, 1.82) is 0 Å². The van der Waals surface area contributed by atoms with E-state index in [2.05, 4.69) is 48.0 Å². The first-order valence-corrected chi connectivity index (χ1v) is 10.7. The summed E-state index contributed by atoms with van der Waals surface area (Å²) in [6.45, 7) is -0.0806. The minimum Gasteiger partial charge on any atom is -0.484 e. The van der Waals surface area contributed by atoms with Crippen LogP contribution in [0.4, 0.5) is 17.5 Å². The van der Waals surface area contributed by atoms with E-state index in [0.717, 1.165) is 6.42 Å². The van der Waals surface area contributed by atoms with Crippen LogP contribution in [0.5, 0.6) is 5.75 Å². The van der Waals surface area contributed by atoms with Crippen LogP contribution in [0.15, 0.2) is 42.7 Å². The zero-order valence-corrected chi connectivity index (χ0v) is 17.9. The Labute approximate surface area is 189 Å². The molecule has 2 aliphatic rings. The number of nitrogens with one attached hydrogen (secondary N) is 4. The Morgan fingerprint density at radius 1 is 1.24 bits per heavy atom. The fourth-order valence-corrected chi connectivity index (χ4v) is 4.57. The maximum Gasteiger partial charge on any atom is 0.257 e. The van der Waals surface area contributed by atoms with E-state index in [9.17, 15) is 9.59 Å². The Morgan fingerprint density at radius 2 is 2.09 bits per heavy atom. The molecule has 5 rings (SSSR count). The summed E-state index contributed by atoms with van der Waals surface area (Å²) >= 11 is 0. The molecule has 4 atom stereocenters. The number of allylic oxidation sites excluding steroid dienone is 1. The molecule has 170 valence electrons. The van der Waals surface area contributed by atoms with E-state index in [1.807, 2.05) is 6.07 Å². The van der Waals surface area contributed by atoms with Crippen LogP contribution in [0.3, 0.4) is 0 Å². The van der Waals surface area contributed by atoms with Gasteiger partial charge in [-0.1, -0.05) is 18.2 Å². The van der Waals surface area contributed by atoms with Crippen molar-refractivity contribution in [2.45, 2.75) is 12.5 Å². The number of carbonyl (C=O) groups is 2. The molecule has 33 heavy (non-hydrogen) atoms. The number of primary amides is 1. The fourth-order valence-electron chi connectivity index (χ4n) is 4.57. The number of aromatic amines is 1. The second-order valence-corrected chi connectivity index (χ2v) is 8.16. The van der Waals surface area contributed by atoms with Crippen molar-refractivity contribution in [3.8, 4) is 5.75 Å². The lowest BCUT2D eigenvalue weighted by atomic mass is 9.88. The summed E-state index contributed by atoms with van der Waals surface area (Å²) < 4.78 is 5.50. The molecule has 2 amide bonds. The number of anilines is 3. The number of nitrogens with zero attached hydrogens (tertiary/aromatic N) is 3. The number of hydrogen-bond acceptors (Lipinski definition) is 8. The number of benzene rings is 1. The van der Waals surface area contributed by atoms with E-state index >= 15 is 0 Å². The highest BCUT2D eigenvalue weighted by molar-refractivity contribution is 5.85. The third kappa shape index (κ3) is 4.04. The lowest BCUT2D eigenvalue weighted by Gasteiger charge is -2.27. The number of imidazole rings is 1. The molecule has 3 aromatic rings. The van der Waals surface area contributed by atoms with Crippen LogP contribution in [0.25, 0.3) is 11.2 Å². The van der Waals surface area contributed by atoms with Gasteiger partial charge in [-0.25, -0.2) is 4.98 Å². The fraction of sp³-hybridized carbons (Fsp3) is 0.318. The summed E-state index contributed by atoms with van der Waals surface area (Å²) in [7, 11) is 1.55. The average molecular weight is 448 g/mol. The molecule has 0 radical (unpaired) electrons. The molecule has 1 saturated carbocycles. The van der Waals surface area contributed by atoms with Crippen molar-refractivity contribution in [3.63, 3.8) is 0 Å². The van der Waals surface area contributed by atoms with Gasteiger partial charge in [0, 0.05) is 24.8 Å². The Hall–Kier alpha value is -4.15. The molecular weight excluding hydrogens is 424 g/mol. The second kappa shape index (κ2) is 8.41. The summed E-state index contributed by atoms with van der Waals surface area (Å²) in [5, 5.41) is 9.10. The molecule has 0 aliphatic heterocycles. The number of fused-ring (bicyclic) bond motifs is 3. The highest BCUT2D eigenvalue weighted by Gasteiger charge is 2.47. The van der Waals surface area contributed by atoms with Crippen LogP contribution in [-0.2, 0) is 9.59 Å². The van der Waals surface area contributed by atoms with E-state index in [1.165, 1.54) is 0 Å². The predicted molar refractivity (Wildman–Crippen MR) is 122 cm³/mol. The lowest BCUT2D eigenvalue weighted by molar-refractivity contribution is -0.123. The topological polar surface area (TPSA) is 160 Å². The molecule has 1 aromatic carbocycles. The quantitative estimate of drug-likeness (QED) is 0.322. The van der Waals surface area contributed by atoms with Crippen LogP contribution < -0.4 is 26.4 Å². The number of ether oxygens (including phenoxy) is 1. The summed E-state index contributed by atoms with van der Waals surface area (Å²) in [6.07, 6.45) is 6.66. The van der Waals surface area contributed by atoms with E-state index in [0.29, 0.717) is 34.4 Å². The minimum absolute atomic E-state index is 0.0806. The third-order valence-electron chi connectivity index (χ3n) is 6.12. The van der Waals surface area contributed by atoms with Crippen molar-refractivity contribution in [2.75, 3.05) is 24.3 Å². The first kappa shape index (κ1) is 20.7. The van der Waals surface area contributed by atoms with Gasteiger partial charge >= 0.3 is 0 Å². The van der Waals surface area contributed by atoms with Crippen LogP contribution in [0.1, 0.15) is 6.42 Å². The Bertz CT molecular complexity index is 1240. The first-order chi connectivity index (χ1) is 16.0. The monoisotopic (exact) mass is 448 g/mol. The van der Waals surface area contributed by atoms with Gasteiger partial charge in [0.15, 0.2) is 18.1 Å². The molecular formula is C22H24N8O3. The van der Waals surface area contributed by atoms with Gasteiger partial charge in [-0.3, -0.25) is 9.59 Å². The van der Waals surface area contributed by atoms with Crippen molar-refractivity contribution in [3.05, 3.63) is 42.7 Å².